The van der Waals surface area contributed by atoms with Crippen LogP contribution in [0, 0.1) is 0 Å². The van der Waals surface area contributed by atoms with Gasteiger partial charge in [-0.15, -0.1) is 0 Å². The third-order valence-electron chi connectivity index (χ3n) is 5.36. The number of carbonyl (C=O) groups excluding carboxylic acids is 3. The molecule has 0 radical (unpaired) electrons. The van der Waals surface area contributed by atoms with Gasteiger partial charge in [0.2, 0.25) is 17.7 Å². The van der Waals surface area contributed by atoms with Gasteiger partial charge in [-0.25, -0.2) is 0 Å². The van der Waals surface area contributed by atoms with Crippen molar-refractivity contribution in [2.24, 2.45) is 0 Å². The molecule has 1 heterocycles. The molecule has 0 fully saturated rings. The van der Waals surface area contributed by atoms with Crippen LogP contribution in [0.3, 0.4) is 0 Å². The number of carbonyl (C=O) groups is 3. The second-order valence-corrected chi connectivity index (χ2v) is 7.69. The van der Waals surface area contributed by atoms with Crippen molar-refractivity contribution in [3.63, 3.8) is 0 Å². The number of hydrogen-bond donors (Lipinski definition) is 2. The van der Waals surface area contributed by atoms with E-state index in [9.17, 15) is 27.6 Å². The molecule has 1 aliphatic rings. The van der Waals surface area contributed by atoms with Crippen LogP contribution in [0.25, 0.3) is 6.08 Å². The highest BCUT2D eigenvalue weighted by Gasteiger charge is 2.29. The van der Waals surface area contributed by atoms with Gasteiger partial charge in [-0.3, -0.25) is 14.4 Å². The molecule has 0 atom stereocenters. The maximum Gasteiger partial charge on any atom is 0.416 e. The van der Waals surface area contributed by atoms with Gasteiger partial charge >= 0.3 is 6.18 Å². The predicted octanol–water partition coefficient (Wildman–Crippen LogP) is 2.71. The van der Waals surface area contributed by atoms with Gasteiger partial charge in [0, 0.05) is 26.2 Å². The van der Waals surface area contributed by atoms with E-state index in [4.69, 9.17) is 0 Å². The molecule has 0 bridgehead atoms. The number of likely N-dealkylation sites (N-methyl/N-ethyl adjacent to an activating group) is 1. The summed E-state index contributed by atoms with van der Waals surface area (Å²) >= 11 is 0. The van der Waals surface area contributed by atoms with Crippen LogP contribution >= 0.6 is 0 Å². The molecule has 2 aromatic carbocycles. The summed E-state index contributed by atoms with van der Waals surface area (Å²) in [6.07, 6.45) is -0.894. The van der Waals surface area contributed by atoms with E-state index in [-0.39, 0.29) is 18.4 Å². The molecule has 2 aromatic rings. The number of nitrogens with one attached hydrogen (secondary N) is 2. The maximum atomic E-state index is 12.6. The van der Waals surface area contributed by atoms with Gasteiger partial charge in [0.15, 0.2) is 0 Å². The zero-order valence-corrected chi connectivity index (χ0v) is 18.0. The molecule has 0 spiro atoms. The lowest BCUT2D eigenvalue weighted by atomic mass is 9.96. The first-order valence-corrected chi connectivity index (χ1v) is 10.4. The standard InChI is InChI=1S/C24H24F3N3O3/c1-28-22(32)13-17-2-6-19-15-30(11-10-18(19)12-17)23(33)14-29-21(31)9-5-16-3-7-20(8-4-16)24(25,26)27/h2-9,12H,10-11,13-15H2,1H3,(H,28,32)(H,29,31)/b9-5+. The van der Waals surface area contributed by atoms with Gasteiger partial charge in [-0.05, 0) is 46.9 Å². The number of alkyl halides is 3. The van der Waals surface area contributed by atoms with Gasteiger partial charge in [0.05, 0.1) is 18.5 Å². The normalized spacial score (nSPS) is 13.5. The SMILES string of the molecule is CNC(=O)Cc1ccc2c(c1)CCN(C(=O)CNC(=O)/C=C/c1ccc(C(F)(F)F)cc1)C2. The molecule has 1 aliphatic heterocycles. The van der Waals surface area contributed by atoms with E-state index in [1.807, 2.05) is 18.2 Å². The Labute approximate surface area is 189 Å². The minimum Gasteiger partial charge on any atom is -0.359 e. The summed E-state index contributed by atoms with van der Waals surface area (Å²) in [5.41, 5.74) is 2.70. The monoisotopic (exact) mass is 459 g/mol. The van der Waals surface area contributed by atoms with E-state index < -0.39 is 17.6 Å². The first-order valence-electron chi connectivity index (χ1n) is 10.4. The molecule has 3 amide bonds. The lowest BCUT2D eigenvalue weighted by molar-refractivity contribution is -0.137. The number of rotatable bonds is 6. The van der Waals surface area contributed by atoms with Crippen LogP contribution in [-0.2, 0) is 39.9 Å². The van der Waals surface area contributed by atoms with Crippen molar-refractivity contribution >= 4 is 23.8 Å². The van der Waals surface area contributed by atoms with Crippen molar-refractivity contribution in [1.29, 1.82) is 0 Å². The van der Waals surface area contributed by atoms with Gasteiger partial charge < -0.3 is 15.5 Å². The van der Waals surface area contributed by atoms with Crippen LogP contribution < -0.4 is 10.6 Å². The van der Waals surface area contributed by atoms with E-state index in [2.05, 4.69) is 10.6 Å². The number of hydrogen-bond acceptors (Lipinski definition) is 3. The summed E-state index contributed by atoms with van der Waals surface area (Å²) in [4.78, 5) is 37.7. The molecule has 0 aromatic heterocycles. The largest absolute Gasteiger partial charge is 0.416 e. The molecular formula is C24H24F3N3O3. The summed E-state index contributed by atoms with van der Waals surface area (Å²) < 4.78 is 37.8. The van der Waals surface area contributed by atoms with Crippen LogP contribution in [0.4, 0.5) is 13.2 Å². The Morgan fingerprint density at radius 3 is 2.45 bits per heavy atom. The van der Waals surface area contributed by atoms with Crippen molar-refractivity contribution in [2.45, 2.75) is 25.6 Å². The van der Waals surface area contributed by atoms with Gasteiger partial charge in [-0.2, -0.15) is 13.2 Å². The van der Waals surface area contributed by atoms with Crippen molar-refractivity contribution in [2.75, 3.05) is 20.1 Å². The lowest BCUT2D eigenvalue weighted by Crippen LogP contribution is -2.42. The van der Waals surface area contributed by atoms with Crippen molar-refractivity contribution in [3.8, 4) is 0 Å². The molecule has 33 heavy (non-hydrogen) atoms. The summed E-state index contributed by atoms with van der Waals surface area (Å²) in [7, 11) is 1.59. The second-order valence-electron chi connectivity index (χ2n) is 7.69. The molecule has 0 aliphatic carbocycles. The fourth-order valence-electron chi connectivity index (χ4n) is 3.49. The van der Waals surface area contributed by atoms with Crippen LogP contribution in [0.2, 0.25) is 0 Å². The molecule has 6 nitrogen and oxygen atoms in total. The highest BCUT2D eigenvalue weighted by atomic mass is 19.4. The Morgan fingerprint density at radius 1 is 1.06 bits per heavy atom. The molecule has 0 saturated heterocycles. The molecule has 3 rings (SSSR count). The average molecular weight is 459 g/mol. The molecular weight excluding hydrogens is 435 g/mol. The Morgan fingerprint density at radius 2 is 1.79 bits per heavy atom. The van der Waals surface area contributed by atoms with Crippen LogP contribution in [0.1, 0.15) is 27.8 Å². The van der Waals surface area contributed by atoms with Crippen molar-refractivity contribution in [1.82, 2.24) is 15.5 Å². The molecule has 0 unspecified atom stereocenters. The summed E-state index contributed by atoms with van der Waals surface area (Å²) in [6.45, 7) is 0.748. The smallest absolute Gasteiger partial charge is 0.359 e. The van der Waals surface area contributed by atoms with Crippen molar-refractivity contribution < 1.29 is 27.6 Å². The van der Waals surface area contributed by atoms with Crippen LogP contribution in [0.15, 0.2) is 48.5 Å². The quantitative estimate of drug-likeness (QED) is 0.652. The number of halogens is 3. The molecule has 0 saturated carbocycles. The molecule has 2 N–H and O–H groups in total. The topological polar surface area (TPSA) is 78.5 Å². The third-order valence-corrected chi connectivity index (χ3v) is 5.36. The second kappa shape index (κ2) is 10.3. The van der Waals surface area contributed by atoms with Crippen LogP contribution in [-0.4, -0.2) is 42.8 Å². The Hall–Kier alpha value is -3.62. The van der Waals surface area contributed by atoms with E-state index >= 15 is 0 Å². The number of amides is 3. The van der Waals surface area contributed by atoms with E-state index in [0.717, 1.165) is 28.8 Å². The number of benzene rings is 2. The number of nitrogens with zero attached hydrogens (tertiary/aromatic N) is 1. The lowest BCUT2D eigenvalue weighted by Gasteiger charge is -2.29. The number of fused-ring (bicyclic) bond motifs is 1. The Kier molecular flexibility index (Phi) is 7.52. The van der Waals surface area contributed by atoms with Crippen LogP contribution in [0.5, 0.6) is 0 Å². The first kappa shape index (κ1) is 24.0. The van der Waals surface area contributed by atoms with Gasteiger partial charge in [-0.1, -0.05) is 30.3 Å². The predicted molar refractivity (Wildman–Crippen MR) is 117 cm³/mol. The average Bonchev–Trinajstić information content (AvgIpc) is 2.80. The fraction of sp³-hybridized carbons (Fsp3) is 0.292. The summed E-state index contributed by atoms with van der Waals surface area (Å²) in [5, 5.41) is 5.10. The van der Waals surface area contributed by atoms with E-state index in [1.54, 1.807) is 11.9 Å². The summed E-state index contributed by atoms with van der Waals surface area (Å²) in [5.74, 6) is -0.809. The molecule has 174 valence electrons. The fourth-order valence-corrected chi connectivity index (χ4v) is 3.49. The Balaban J connectivity index is 1.49. The highest BCUT2D eigenvalue weighted by Crippen LogP contribution is 2.29. The minimum absolute atomic E-state index is 0.0642. The van der Waals surface area contributed by atoms with E-state index in [1.165, 1.54) is 24.3 Å². The maximum absolute atomic E-state index is 12.6. The highest BCUT2D eigenvalue weighted by molar-refractivity contribution is 5.94. The van der Waals surface area contributed by atoms with Crippen molar-refractivity contribution in [3.05, 3.63) is 76.4 Å². The third kappa shape index (κ3) is 6.68. The Bertz CT molecular complexity index is 1060. The van der Waals surface area contributed by atoms with Gasteiger partial charge in [0.1, 0.15) is 0 Å². The first-order chi connectivity index (χ1) is 15.7. The summed E-state index contributed by atoms with van der Waals surface area (Å²) in [6, 6.07) is 10.2. The van der Waals surface area contributed by atoms with Gasteiger partial charge in [0.25, 0.3) is 0 Å². The zero-order valence-electron chi connectivity index (χ0n) is 18.0. The zero-order chi connectivity index (χ0) is 24.0. The minimum atomic E-state index is -4.41. The van der Waals surface area contributed by atoms with E-state index in [0.29, 0.717) is 31.5 Å². The molecule has 9 heteroatoms.